The molecule has 1 nitrogen and oxygen atoms in total. The van der Waals surface area contributed by atoms with E-state index in [0.29, 0.717) is 6.04 Å². The molecule has 0 fully saturated rings. The average molecular weight is 261 g/mol. The fraction of sp³-hybridized carbons (Fsp3) is 0.500. The van der Waals surface area contributed by atoms with Crippen LogP contribution in [0.3, 0.4) is 0 Å². The van der Waals surface area contributed by atoms with Gasteiger partial charge in [-0.15, -0.1) is 11.8 Å². The van der Waals surface area contributed by atoms with E-state index >= 15 is 0 Å². The maximum absolute atomic E-state index is 3.72. The van der Waals surface area contributed by atoms with Crippen LogP contribution in [0.4, 0.5) is 0 Å². The zero-order valence-electron chi connectivity index (χ0n) is 11.4. The zero-order chi connectivity index (χ0) is 12.8. The largest absolute Gasteiger partial charge is 0.306 e. The van der Waals surface area contributed by atoms with Crippen LogP contribution >= 0.6 is 11.8 Å². The molecular weight excluding hydrogens is 238 g/mol. The predicted molar refractivity (Wildman–Crippen MR) is 81.2 cm³/mol. The number of nitrogens with one attached hydrogen (secondary N) is 1. The summed E-state index contributed by atoms with van der Waals surface area (Å²) < 4.78 is 0. The molecule has 1 unspecified atom stereocenters. The summed E-state index contributed by atoms with van der Waals surface area (Å²) in [6.45, 7) is 3.32. The van der Waals surface area contributed by atoms with Crippen molar-refractivity contribution in [1.29, 1.82) is 0 Å². The van der Waals surface area contributed by atoms with Crippen LogP contribution in [0.25, 0.3) is 0 Å². The Morgan fingerprint density at radius 1 is 1.33 bits per heavy atom. The number of allylic oxidation sites excluding steroid dienone is 1. The van der Waals surface area contributed by atoms with Gasteiger partial charge in [0.15, 0.2) is 0 Å². The molecule has 0 aromatic heterocycles. The maximum atomic E-state index is 3.72. The molecule has 0 saturated heterocycles. The molecule has 0 aliphatic heterocycles. The third-order valence-electron chi connectivity index (χ3n) is 3.50. The Bertz CT molecular complexity index is 411. The fourth-order valence-electron chi connectivity index (χ4n) is 2.59. The number of hydrogen-bond acceptors (Lipinski definition) is 2. The molecule has 1 aliphatic carbocycles. The Kier molecular flexibility index (Phi) is 5.33. The van der Waals surface area contributed by atoms with Crippen LogP contribution in [0.1, 0.15) is 44.2 Å². The minimum Gasteiger partial charge on any atom is -0.306 e. The van der Waals surface area contributed by atoms with Gasteiger partial charge in [-0.2, -0.15) is 0 Å². The van der Waals surface area contributed by atoms with E-state index in [1.165, 1.54) is 36.1 Å². The van der Waals surface area contributed by atoms with Crippen molar-refractivity contribution in [2.24, 2.45) is 0 Å². The summed E-state index contributed by atoms with van der Waals surface area (Å²) in [5, 5.41) is 3.72. The first-order valence-corrected chi connectivity index (χ1v) is 8.14. The lowest BCUT2D eigenvalue weighted by molar-refractivity contribution is 0.572. The van der Waals surface area contributed by atoms with Crippen LogP contribution in [0.5, 0.6) is 0 Å². The molecule has 1 N–H and O–H groups in total. The van der Waals surface area contributed by atoms with Crippen molar-refractivity contribution in [2.75, 3.05) is 12.8 Å². The van der Waals surface area contributed by atoms with E-state index in [9.17, 15) is 0 Å². The van der Waals surface area contributed by atoms with Gasteiger partial charge in [-0.05, 0) is 50.1 Å². The molecule has 1 aromatic carbocycles. The van der Waals surface area contributed by atoms with Crippen molar-refractivity contribution in [3.8, 4) is 0 Å². The van der Waals surface area contributed by atoms with Gasteiger partial charge in [-0.25, -0.2) is 0 Å². The Labute approximate surface area is 115 Å². The van der Waals surface area contributed by atoms with Gasteiger partial charge >= 0.3 is 0 Å². The first-order valence-electron chi connectivity index (χ1n) is 6.92. The minimum absolute atomic E-state index is 0.427. The van der Waals surface area contributed by atoms with E-state index in [1.807, 2.05) is 11.8 Å². The average Bonchev–Trinajstić information content (AvgIpc) is 2.94. The highest BCUT2D eigenvalue weighted by Crippen LogP contribution is 2.35. The quantitative estimate of drug-likeness (QED) is 0.595. The normalized spacial score (nSPS) is 16.7. The summed E-state index contributed by atoms with van der Waals surface area (Å²) in [6, 6.07) is 9.23. The van der Waals surface area contributed by atoms with Gasteiger partial charge in [0.1, 0.15) is 0 Å². The minimum atomic E-state index is 0.427. The van der Waals surface area contributed by atoms with E-state index in [-0.39, 0.29) is 0 Å². The maximum Gasteiger partial charge on any atom is 0.0547 e. The van der Waals surface area contributed by atoms with Gasteiger partial charge in [0.2, 0.25) is 0 Å². The molecule has 0 amide bonds. The van der Waals surface area contributed by atoms with E-state index < -0.39 is 0 Å². The van der Waals surface area contributed by atoms with E-state index in [2.05, 4.69) is 48.8 Å². The molecule has 1 atom stereocenters. The molecule has 0 heterocycles. The SMILES string of the molecule is CCCNC(C1=CCCC1)c1ccccc1SC. The van der Waals surface area contributed by atoms with Crippen molar-refractivity contribution in [1.82, 2.24) is 5.32 Å². The Balaban J connectivity index is 2.26. The molecule has 1 aromatic rings. The molecule has 0 bridgehead atoms. The summed E-state index contributed by atoms with van der Waals surface area (Å²) in [7, 11) is 0. The smallest absolute Gasteiger partial charge is 0.0547 e. The monoisotopic (exact) mass is 261 g/mol. The fourth-order valence-corrected chi connectivity index (χ4v) is 3.23. The molecule has 18 heavy (non-hydrogen) atoms. The Hall–Kier alpha value is -0.730. The summed E-state index contributed by atoms with van der Waals surface area (Å²) >= 11 is 1.85. The zero-order valence-corrected chi connectivity index (χ0v) is 12.2. The van der Waals surface area contributed by atoms with Gasteiger partial charge in [-0.1, -0.05) is 36.8 Å². The van der Waals surface area contributed by atoms with Crippen LogP contribution in [0, 0.1) is 0 Å². The van der Waals surface area contributed by atoms with Gasteiger partial charge in [-0.3, -0.25) is 0 Å². The second-order valence-electron chi connectivity index (χ2n) is 4.80. The molecule has 0 spiro atoms. The lowest BCUT2D eigenvalue weighted by Crippen LogP contribution is -2.24. The lowest BCUT2D eigenvalue weighted by atomic mass is 9.98. The molecule has 1 aliphatic rings. The summed E-state index contributed by atoms with van der Waals surface area (Å²) in [6.07, 6.45) is 9.61. The topological polar surface area (TPSA) is 12.0 Å². The van der Waals surface area contributed by atoms with Crippen LogP contribution in [-0.2, 0) is 0 Å². The number of benzene rings is 1. The highest BCUT2D eigenvalue weighted by Gasteiger charge is 2.20. The molecular formula is C16H23NS. The van der Waals surface area contributed by atoms with E-state index in [0.717, 1.165) is 6.54 Å². The van der Waals surface area contributed by atoms with Gasteiger partial charge in [0.05, 0.1) is 6.04 Å². The van der Waals surface area contributed by atoms with Crippen LogP contribution < -0.4 is 5.32 Å². The van der Waals surface area contributed by atoms with Crippen molar-refractivity contribution >= 4 is 11.8 Å². The van der Waals surface area contributed by atoms with E-state index in [1.54, 1.807) is 5.57 Å². The number of hydrogen-bond donors (Lipinski definition) is 1. The summed E-state index contributed by atoms with van der Waals surface area (Å²) in [5.41, 5.74) is 3.04. The lowest BCUT2D eigenvalue weighted by Gasteiger charge is -2.22. The summed E-state index contributed by atoms with van der Waals surface area (Å²) in [5.74, 6) is 0. The van der Waals surface area contributed by atoms with Gasteiger partial charge in [0.25, 0.3) is 0 Å². The van der Waals surface area contributed by atoms with E-state index in [4.69, 9.17) is 0 Å². The first-order chi connectivity index (χ1) is 8.86. The second kappa shape index (κ2) is 7.01. The Morgan fingerprint density at radius 3 is 2.83 bits per heavy atom. The first kappa shape index (κ1) is 13.7. The van der Waals surface area contributed by atoms with Gasteiger partial charge in [0, 0.05) is 4.90 Å². The van der Waals surface area contributed by atoms with Crippen molar-refractivity contribution in [3.05, 3.63) is 41.5 Å². The molecule has 0 radical (unpaired) electrons. The highest BCUT2D eigenvalue weighted by molar-refractivity contribution is 7.98. The van der Waals surface area contributed by atoms with Crippen LogP contribution in [0.15, 0.2) is 40.8 Å². The van der Waals surface area contributed by atoms with Crippen molar-refractivity contribution < 1.29 is 0 Å². The summed E-state index contributed by atoms with van der Waals surface area (Å²) in [4.78, 5) is 1.40. The Morgan fingerprint density at radius 2 is 2.17 bits per heavy atom. The third kappa shape index (κ3) is 3.18. The van der Waals surface area contributed by atoms with Crippen LogP contribution in [0.2, 0.25) is 0 Å². The number of thioether (sulfide) groups is 1. The molecule has 98 valence electrons. The predicted octanol–water partition coefficient (Wildman–Crippen LogP) is 4.56. The molecule has 0 saturated carbocycles. The van der Waals surface area contributed by atoms with Crippen molar-refractivity contribution in [2.45, 2.75) is 43.5 Å². The molecule has 2 rings (SSSR count). The van der Waals surface area contributed by atoms with Gasteiger partial charge < -0.3 is 5.32 Å². The second-order valence-corrected chi connectivity index (χ2v) is 5.65. The van der Waals surface area contributed by atoms with Crippen LogP contribution in [-0.4, -0.2) is 12.8 Å². The highest BCUT2D eigenvalue weighted by atomic mass is 32.2. The van der Waals surface area contributed by atoms with Crippen molar-refractivity contribution in [3.63, 3.8) is 0 Å². The number of rotatable bonds is 6. The standard InChI is InChI=1S/C16H23NS/c1-3-12-17-16(13-8-4-5-9-13)14-10-6-7-11-15(14)18-2/h6-8,10-11,16-17H,3-5,9,12H2,1-2H3. The third-order valence-corrected chi connectivity index (χ3v) is 4.31. The molecule has 2 heteroatoms.